The maximum atomic E-state index is 14.2. The van der Waals surface area contributed by atoms with Gasteiger partial charge in [0.25, 0.3) is 0 Å². The summed E-state index contributed by atoms with van der Waals surface area (Å²) < 4.78 is 0. The number of amides is 2. The predicted molar refractivity (Wildman–Crippen MR) is 150 cm³/mol. The number of benzene rings is 3. The van der Waals surface area contributed by atoms with Crippen molar-refractivity contribution in [3.05, 3.63) is 107 Å². The lowest BCUT2D eigenvalue weighted by molar-refractivity contribution is -0.142. The summed E-state index contributed by atoms with van der Waals surface area (Å²) in [4.78, 5) is 29.6. The van der Waals surface area contributed by atoms with Gasteiger partial charge in [0.05, 0.1) is 0 Å². The Labute approximate surface area is 222 Å². The molecule has 3 aromatic rings. The van der Waals surface area contributed by atoms with Crippen LogP contribution in [0.3, 0.4) is 0 Å². The summed E-state index contributed by atoms with van der Waals surface area (Å²) in [6.45, 7) is 4.51. The summed E-state index contributed by atoms with van der Waals surface area (Å²) in [6, 6.07) is 28.3. The molecule has 0 bridgehead atoms. The molecule has 0 heterocycles. The molecule has 194 valence electrons. The Balaban J connectivity index is 1.63. The van der Waals surface area contributed by atoms with E-state index in [1.54, 1.807) is 0 Å². The SMILES string of the molecule is CC[C@@H](C(=O)NC1CCCCC1)N(Cc1ccccc1C)C(=O)CC(c1ccccc1)c1ccccc1. The fraction of sp³-hybridized carbons (Fsp3) is 0.394. The molecule has 1 saturated carbocycles. The van der Waals surface area contributed by atoms with E-state index in [1.807, 2.05) is 60.4 Å². The molecule has 4 rings (SSSR count). The van der Waals surface area contributed by atoms with E-state index < -0.39 is 6.04 Å². The first-order valence-electron chi connectivity index (χ1n) is 13.8. The molecule has 0 aliphatic heterocycles. The molecule has 1 aliphatic carbocycles. The van der Waals surface area contributed by atoms with Crippen molar-refractivity contribution in [2.45, 2.75) is 83.3 Å². The summed E-state index contributed by atoms with van der Waals surface area (Å²) in [5, 5.41) is 3.29. The van der Waals surface area contributed by atoms with Crippen LogP contribution in [0.1, 0.15) is 80.0 Å². The molecule has 37 heavy (non-hydrogen) atoms. The lowest BCUT2D eigenvalue weighted by atomic mass is 9.87. The zero-order valence-electron chi connectivity index (χ0n) is 22.2. The van der Waals surface area contributed by atoms with Gasteiger partial charge < -0.3 is 10.2 Å². The second-order valence-corrected chi connectivity index (χ2v) is 10.3. The third-order valence-electron chi connectivity index (χ3n) is 7.72. The van der Waals surface area contributed by atoms with Crippen LogP contribution in [0.5, 0.6) is 0 Å². The van der Waals surface area contributed by atoms with E-state index in [9.17, 15) is 9.59 Å². The Kier molecular flexibility index (Phi) is 9.53. The summed E-state index contributed by atoms with van der Waals surface area (Å²) in [5.41, 5.74) is 4.43. The molecule has 0 radical (unpaired) electrons. The highest BCUT2D eigenvalue weighted by Gasteiger charge is 2.32. The number of carbonyl (C=O) groups excluding carboxylic acids is 2. The molecule has 3 aromatic carbocycles. The van der Waals surface area contributed by atoms with Crippen molar-refractivity contribution >= 4 is 11.8 Å². The summed E-state index contributed by atoms with van der Waals surface area (Å²) in [6.07, 6.45) is 6.50. The highest BCUT2D eigenvalue weighted by molar-refractivity contribution is 5.88. The fourth-order valence-corrected chi connectivity index (χ4v) is 5.53. The van der Waals surface area contributed by atoms with Gasteiger partial charge in [0, 0.05) is 24.9 Å². The number of rotatable bonds is 10. The van der Waals surface area contributed by atoms with E-state index in [2.05, 4.69) is 48.6 Å². The average molecular weight is 497 g/mol. The topological polar surface area (TPSA) is 49.4 Å². The van der Waals surface area contributed by atoms with Gasteiger partial charge in [0.15, 0.2) is 0 Å². The first-order valence-corrected chi connectivity index (χ1v) is 13.8. The predicted octanol–water partition coefficient (Wildman–Crippen LogP) is 6.77. The van der Waals surface area contributed by atoms with Gasteiger partial charge in [-0.1, -0.05) is 111 Å². The summed E-state index contributed by atoms with van der Waals surface area (Å²) in [7, 11) is 0. The highest BCUT2D eigenvalue weighted by atomic mass is 16.2. The first kappa shape index (κ1) is 26.7. The normalized spacial score (nSPS) is 14.8. The molecule has 4 heteroatoms. The maximum Gasteiger partial charge on any atom is 0.243 e. The second-order valence-electron chi connectivity index (χ2n) is 10.3. The smallest absolute Gasteiger partial charge is 0.243 e. The van der Waals surface area contributed by atoms with Gasteiger partial charge in [-0.3, -0.25) is 9.59 Å². The lowest BCUT2D eigenvalue weighted by Gasteiger charge is -2.34. The number of carbonyl (C=O) groups is 2. The minimum atomic E-state index is -0.499. The van der Waals surface area contributed by atoms with Crippen LogP contribution in [0.4, 0.5) is 0 Å². The Bertz CT molecular complexity index is 1100. The molecule has 0 unspecified atom stereocenters. The van der Waals surface area contributed by atoms with Gasteiger partial charge in [-0.15, -0.1) is 0 Å². The van der Waals surface area contributed by atoms with Gasteiger partial charge >= 0.3 is 0 Å². The van der Waals surface area contributed by atoms with E-state index in [1.165, 1.54) is 6.42 Å². The van der Waals surface area contributed by atoms with Crippen molar-refractivity contribution in [2.24, 2.45) is 0 Å². The minimum absolute atomic E-state index is 0.00611. The number of aryl methyl sites for hydroxylation is 1. The first-order chi connectivity index (χ1) is 18.1. The quantitative estimate of drug-likeness (QED) is 0.337. The van der Waals surface area contributed by atoms with Gasteiger partial charge in [0.1, 0.15) is 6.04 Å². The summed E-state index contributed by atoms with van der Waals surface area (Å²) in [5.74, 6) is -0.0907. The van der Waals surface area contributed by atoms with E-state index in [0.717, 1.165) is 47.9 Å². The molecular weight excluding hydrogens is 456 g/mol. The zero-order valence-corrected chi connectivity index (χ0v) is 22.2. The van der Waals surface area contributed by atoms with Crippen LogP contribution in [-0.2, 0) is 16.1 Å². The molecule has 0 spiro atoms. The number of hydrogen-bond donors (Lipinski definition) is 1. The monoisotopic (exact) mass is 496 g/mol. The van der Waals surface area contributed by atoms with Gasteiger partial charge in [0.2, 0.25) is 11.8 Å². The lowest BCUT2D eigenvalue weighted by Crippen LogP contribution is -2.51. The second kappa shape index (κ2) is 13.2. The molecule has 2 amide bonds. The van der Waals surface area contributed by atoms with E-state index >= 15 is 0 Å². The van der Waals surface area contributed by atoms with E-state index in [4.69, 9.17) is 0 Å². The maximum absolute atomic E-state index is 14.2. The fourth-order valence-electron chi connectivity index (χ4n) is 5.53. The Morgan fingerprint density at radius 2 is 1.41 bits per heavy atom. The van der Waals surface area contributed by atoms with Crippen molar-refractivity contribution < 1.29 is 9.59 Å². The van der Waals surface area contributed by atoms with Crippen LogP contribution < -0.4 is 5.32 Å². The molecule has 0 aromatic heterocycles. The molecule has 4 nitrogen and oxygen atoms in total. The zero-order chi connectivity index (χ0) is 26.0. The van der Waals surface area contributed by atoms with Crippen molar-refractivity contribution in [1.29, 1.82) is 0 Å². The minimum Gasteiger partial charge on any atom is -0.352 e. The molecule has 1 atom stereocenters. The van der Waals surface area contributed by atoms with Crippen LogP contribution in [-0.4, -0.2) is 28.8 Å². The number of nitrogens with one attached hydrogen (secondary N) is 1. The molecular formula is C33H40N2O2. The van der Waals surface area contributed by atoms with Crippen LogP contribution >= 0.6 is 0 Å². The van der Waals surface area contributed by atoms with Crippen LogP contribution in [0.2, 0.25) is 0 Å². The third kappa shape index (κ3) is 7.09. The van der Waals surface area contributed by atoms with Crippen molar-refractivity contribution in [3.8, 4) is 0 Å². The standard InChI is InChI=1S/C33H40N2O2/c1-3-31(33(37)34-29-21-11-6-12-22-29)35(24-28-20-14-13-15-25(28)2)32(36)23-30(26-16-7-4-8-17-26)27-18-9-5-10-19-27/h4-5,7-10,13-20,29-31H,3,6,11-12,21-24H2,1-2H3,(H,34,37)/t31-/m0/s1. The van der Waals surface area contributed by atoms with Crippen molar-refractivity contribution in [1.82, 2.24) is 10.2 Å². The summed E-state index contributed by atoms with van der Waals surface area (Å²) >= 11 is 0. The number of hydrogen-bond acceptors (Lipinski definition) is 2. The van der Waals surface area contributed by atoms with E-state index in [0.29, 0.717) is 19.4 Å². The number of nitrogens with zero attached hydrogens (tertiary/aromatic N) is 1. The third-order valence-corrected chi connectivity index (χ3v) is 7.72. The largest absolute Gasteiger partial charge is 0.352 e. The van der Waals surface area contributed by atoms with Gasteiger partial charge in [-0.2, -0.15) is 0 Å². The van der Waals surface area contributed by atoms with E-state index in [-0.39, 0.29) is 23.8 Å². The van der Waals surface area contributed by atoms with Crippen LogP contribution in [0, 0.1) is 6.92 Å². The highest BCUT2D eigenvalue weighted by Crippen LogP contribution is 2.30. The van der Waals surface area contributed by atoms with Gasteiger partial charge in [-0.25, -0.2) is 0 Å². The molecule has 1 aliphatic rings. The Morgan fingerprint density at radius 1 is 0.838 bits per heavy atom. The molecule has 1 N–H and O–H groups in total. The molecule has 0 saturated heterocycles. The average Bonchev–Trinajstić information content (AvgIpc) is 2.94. The molecule has 1 fully saturated rings. The van der Waals surface area contributed by atoms with Crippen LogP contribution in [0.25, 0.3) is 0 Å². The Hall–Kier alpha value is -3.40. The van der Waals surface area contributed by atoms with Crippen molar-refractivity contribution in [3.63, 3.8) is 0 Å². The van der Waals surface area contributed by atoms with Crippen LogP contribution in [0.15, 0.2) is 84.9 Å². The van der Waals surface area contributed by atoms with Gasteiger partial charge in [-0.05, 0) is 48.4 Å². The van der Waals surface area contributed by atoms with Crippen molar-refractivity contribution in [2.75, 3.05) is 0 Å². The Morgan fingerprint density at radius 3 is 1.97 bits per heavy atom.